The van der Waals surface area contributed by atoms with Crippen LogP contribution >= 0.6 is 27.3 Å². The van der Waals surface area contributed by atoms with Crippen molar-refractivity contribution in [3.05, 3.63) is 51.1 Å². The molecule has 0 bridgehead atoms. The summed E-state index contributed by atoms with van der Waals surface area (Å²) in [5, 5.41) is 3.61. The van der Waals surface area contributed by atoms with E-state index in [1.165, 1.54) is 27.3 Å². The molecule has 1 fully saturated rings. The van der Waals surface area contributed by atoms with Gasteiger partial charge in [0.2, 0.25) is 0 Å². The standard InChI is InChI=1S/C15H17BrN2S/c16-15-7-6-14(19-15)11-18-9-8-13(10-18)17-12-4-2-1-3-5-12/h1-7,13,17H,8-11H2. The Morgan fingerprint density at radius 1 is 1.21 bits per heavy atom. The summed E-state index contributed by atoms with van der Waals surface area (Å²) in [7, 11) is 0. The van der Waals surface area contributed by atoms with E-state index in [2.05, 4.69) is 68.6 Å². The molecule has 100 valence electrons. The van der Waals surface area contributed by atoms with Crippen LogP contribution in [0.25, 0.3) is 0 Å². The largest absolute Gasteiger partial charge is 0.381 e. The van der Waals surface area contributed by atoms with Crippen molar-refractivity contribution in [1.29, 1.82) is 0 Å². The summed E-state index contributed by atoms with van der Waals surface area (Å²) in [6.07, 6.45) is 1.22. The van der Waals surface area contributed by atoms with E-state index in [0.29, 0.717) is 6.04 Å². The lowest BCUT2D eigenvalue weighted by molar-refractivity contribution is 0.331. The predicted octanol–water partition coefficient (Wildman–Crippen LogP) is 4.20. The van der Waals surface area contributed by atoms with E-state index in [9.17, 15) is 0 Å². The predicted molar refractivity (Wildman–Crippen MR) is 85.8 cm³/mol. The molecule has 1 aromatic carbocycles. The molecule has 1 aliphatic rings. The summed E-state index contributed by atoms with van der Waals surface area (Å²) < 4.78 is 1.22. The monoisotopic (exact) mass is 336 g/mol. The summed E-state index contributed by atoms with van der Waals surface area (Å²) in [6, 6.07) is 15.4. The van der Waals surface area contributed by atoms with Crippen LogP contribution in [0.2, 0.25) is 0 Å². The fourth-order valence-electron chi connectivity index (χ4n) is 2.52. The zero-order valence-electron chi connectivity index (χ0n) is 10.7. The summed E-state index contributed by atoms with van der Waals surface area (Å²) in [4.78, 5) is 3.96. The summed E-state index contributed by atoms with van der Waals surface area (Å²) >= 11 is 5.36. The highest BCUT2D eigenvalue weighted by atomic mass is 79.9. The Kier molecular flexibility index (Phi) is 4.21. The number of nitrogens with zero attached hydrogens (tertiary/aromatic N) is 1. The molecule has 1 aromatic heterocycles. The Morgan fingerprint density at radius 3 is 2.79 bits per heavy atom. The third kappa shape index (κ3) is 3.59. The molecule has 2 heterocycles. The first-order valence-electron chi connectivity index (χ1n) is 6.58. The molecular formula is C15H17BrN2S. The Hall–Kier alpha value is -0.840. The number of nitrogens with one attached hydrogen (secondary N) is 1. The van der Waals surface area contributed by atoms with Gasteiger partial charge in [0, 0.05) is 36.2 Å². The lowest BCUT2D eigenvalue weighted by atomic mass is 10.2. The second-order valence-corrected chi connectivity index (χ2v) is 7.48. The van der Waals surface area contributed by atoms with Gasteiger partial charge in [0.25, 0.3) is 0 Å². The first kappa shape index (κ1) is 13.2. The van der Waals surface area contributed by atoms with Gasteiger partial charge in [0.1, 0.15) is 0 Å². The average Bonchev–Trinajstić information content (AvgIpc) is 3.01. The van der Waals surface area contributed by atoms with E-state index in [1.54, 1.807) is 0 Å². The molecule has 1 atom stereocenters. The van der Waals surface area contributed by atoms with Gasteiger partial charge < -0.3 is 5.32 Å². The van der Waals surface area contributed by atoms with Crippen LogP contribution in [-0.4, -0.2) is 24.0 Å². The topological polar surface area (TPSA) is 15.3 Å². The number of benzene rings is 1. The van der Waals surface area contributed by atoms with Gasteiger partial charge in [-0.25, -0.2) is 0 Å². The molecule has 1 N–H and O–H groups in total. The first-order chi connectivity index (χ1) is 9.29. The van der Waals surface area contributed by atoms with Crippen molar-refractivity contribution in [3.8, 4) is 0 Å². The second kappa shape index (κ2) is 6.07. The fraction of sp³-hybridized carbons (Fsp3) is 0.333. The Balaban J connectivity index is 1.53. The number of rotatable bonds is 4. The molecule has 0 saturated carbocycles. The maximum absolute atomic E-state index is 3.61. The third-order valence-electron chi connectivity index (χ3n) is 3.43. The van der Waals surface area contributed by atoms with Crippen LogP contribution in [0.15, 0.2) is 46.3 Å². The number of anilines is 1. The molecule has 0 aliphatic carbocycles. The van der Waals surface area contributed by atoms with Crippen LogP contribution in [-0.2, 0) is 6.54 Å². The molecule has 0 radical (unpaired) electrons. The van der Waals surface area contributed by atoms with Crippen LogP contribution < -0.4 is 5.32 Å². The molecule has 0 amide bonds. The Bertz CT molecular complexity index is 526. The minimum atomic E-state index is 0.575. The highest BCUT2D eigenvalue weighted by Gasteiger charge is 2.22. The van der Waals surface area contributed by atoms with E-state index < -0.39 is 0 Å². The van der Waals surface area contributed by atoms with Crippen molar-refractivity contribution >= 4 is 33.0 Å². The minimum absolute atomic E-state index is 0.575. The van der Waals surface area contributed by atoms with Crippen molar-refractivity contribution in [2.45, 2.75) is 19.0 Å². The maximum atomic E-state index is 3.61. The van der Waals surface area contributed by atoms with Gasteiger partial charge >= 0.3 is 0 Å². The van der Waals surface area contributed by atoms with Gasteiger partial charge in [-0.3, -0.25) is 4.90 Å². The van der Waals surface area contributed by atoms with E-state index >= 15 is 0 Å². The maximum Gasteiger partial charge on any atom is 0.0701 e. The van der Waals surface area contributed by atoms with Crippen LogP contribution in [0.1, 0.15) is 11.3 Å². The molecule has 0 spiro atoms. The van der Waals surface area contributed by atoms with Crippen molar-refractivity contribution in [2.24, 2.45) is 0 Å². The Morgan fingerprint density at radius 2 is 2.05 bits per heavy atom. The molecule has 3 rings (SSSR count). The highest BCUT2D eigenvalue weighted by Crippen LogP contribution is 2.25. The number of thiophene rings is 1. The van der Waals surface area contributed by atoms with Crippen LogP contribution in [0.5, 0.6) is 0 Å². The third-order valence-corrected chi connectivity index (χ3v) is 5.03. The molecule has 4 heteroatoms. The molecule has 1 aliphatic heterocycles. The van der Waals surface area contributed by atoms with E-state index in [0.717, 1.165) is 13.1 Å². The molecule has 19 heavy (non-hydrogen) atoms. The number of para-hydroxylation sites is 1. The number of likely N-dealkylation sites (tertiary alicyclic amines) is 1. The van der Waals surface area contributed by atoms with Crippen LogP contribution in [0.4, 0.5) is 5.69 Å². The molecule has 2 nitrogen and oxygen atoms in total. The van der Waals surface area contributed by atoms with E-state index in [1.807, 2.05) is 11.3 Å². The SMILES string of the molecule is Brc1ccc(CN2CCC(Nc3ccccc3)C2)s1. The van der Waals surface area contributed by atoms with E-state index in [-0.39, 0.29) is 0 Å². The van der Waals surface area contributed by atoms with Crippen molar-refractivity contribution in [3.63, 3.8) is 0 Å². The Labute approximate surface area is 126 Å². The lowest BCUT2D eigenvalue weighted by Crippen LogP contribution is -2.25. The van der Waals surface area contributed by atoms with Crippen LogP contribution in [0, 0.1) is 0 Å². The zero-order valence-corrected chi connectivity index (χ0v) is 13.1. The van der Waals surface area contributed by atoms with Gasteiger partial charge in [-0.2, -0.15) is 0 Å². The summed E-state index contributed by atoms with van der Waals surface area (Å²) in [6.45, 7) is 3.38. The van der Waals surface area contributed by atoms with Gasteiger partial charge in [-0.15, -0.1) is 11.3 Å². The van der Waals surface area contributed by atoms with Gasteiger partial charge in [-0.1, -0.05) is 18.2 Å². The highest BCUT2D eigenvalue weighted by molar-refractivity contribution is 9.11. The van der Waals surface area contributed by atoms with Gasteiger partial charge in [0.15, 0.2) is 0 Å². The summed E-state index contributed by atoms with van der Waals surface area (Å²) in [5.41, 5.74) is 1.23. The lowest BCUT2D eigenvalue weighted by Gasteiger charge is -2.16. The molecule has 2 aromatic rings. The second-order valence-electron chi connectivity index (χ2n) is 4.94. The molecule has 1 unspecified atom stereocenters. The van der Waals surface area contributed by atoms with Crippen molar-refractivity contribution in [2.75, 3.05) is 18.4 Å². The number of hydrogen-bond donors (Lipinski definition) is 1. The minimum Gasteiger partial charge on any atom is -0.381 e. The van der Waals surface area contributed by atoms with Crippen LogP contribution in [0.3, 0.4) is 0 Å². The number of halogens is 1. The normalized spacial score (nSPS) is 19.7. The number of hydrogen-bond acceptors (Lipinski definition) is 3. The van der Waals surface area contributed by atoms with Crippen molar-refractivity contribution < 1.29 is 0 Å². The van der Waals surface area contributed by atoms with Crippen molar-refractivity contribution in [1.82, 2.24) is 4.90 Å². The van der Waals surface area contributed by atoms with Gasteiger partial charge in [0.05, 0.1) is 3.79 Å². The molecule has 1 saturated heterocycles. The zero-order chi connectivity index (χ0) is 13.1. The first-order valence-corrected chi connectivity index (χ1v) is 8.19. The quantitative estimate of drug-likeness (QED) is 0.900. The van der Waals surface area contributed by atoms with Gasteiger partial charge in [-0.05, 0) is 46.6 Å². The smallest absolute Gasteiger partial charge is 0.0701 e. The summed E-state index contributed by atoms with van der Waals surface area (Å²) in [5.74, 6) is 0. The molecular weight excluding hydrogens is 320 g/mol. The fourth-order valence-corrected chi connectivity index (χ4v) is 4.05. The average molecular weight is 337 g/mol. The van der Waals surface area contributed by atoms with E-state index in [4.69, 9.17) is 0 Å².